The number of nitrogen functional groups attached to an aromatic ring is 1. The number of likely N-dealkylation sites (tertiary alicyclic amines) is 1. The molecule has 1 aromatic carbocycles. The van der Waals surface area contributed by atoms with E-state index in [9.17, 15) is 18.0 Å². The maximum atomic E-state index is 13.7. The molecule has 3 aromatic rings. The average Bonchev–Trinajstić information content (AvgIpc) is 3.21. The number of carbonyl (C=O) groups excluding carboxylic acids is 1. The molecule has 1 unspecified atom stereocenters. The lowest BCUT2D eigenvalue weighted by atomic mass is 10.0. The number of ether oxygens (including phenoxy) is 1. The van der Waals surface area contributed by atoms with Gasteiger partial charge in [0.05, 0.1) is 22.7 Å². The van der Waals surface area contributed by atoms with Crippen LogP contribution in [0.3, 0.4) is 0 Å². The van der Waals surface area contributed by atoms with E-state index < -0.39 is 17.8 Å². The number of amides is 1. The highest BCUT2D eigenvalue weighted by Gasteiger charge is 2.38. The van der Waals surface area contributed by atoms with Crippen LogP contribution in [0.15, 0.2) is 42.7 Å². The van der Waals surface area contributed by atoms with Crippen molar-refractivity contribution in [1.29, 1.82) is 0 Å². The number of carbonyl (C=O) groups is 1. The van der Waals surface area contributed by atoms with Crippen LogP contribution in [0.5, 0.6) is 5.75 Å². The van der Waals surface area contributed by atoms with Crippen LogP contribution in [0, 0.1) is 0 Å². The van der Waals surface area contributed by atoms with Gasteiger partial charge in [-0.1, -0.05) is 18.2 Å². The van der Waals surface area contributed by atoms with Crippen LogP contribution < -0.4 is 10.5 Å². The molecule has 1 atom stereocenters. The molecule has 1 saturated heterocycles. The third-order valence-corrected chi connectivity index (χ3v) is 4.98. The lowest BCUT2D eigenvalue weighted by Crippen LogP contribution is -2.35. The van der Waals surface area contributed by atoms with Crippen LogP contribution in [0.25, 0.3) is 11.0 Å². The van der Waals surface area contributed by atoms with E-state index in [0.29, 0.717) is 25.1 Å². The Labute approximate surface area is 169 Å². The van der Waals surface area contributed by atoms with Crippen LogP contribution in [0.4, 0.5) is 19.0 Å². The molecule has 0 bridgehead atoms. The molecule has 0 radical (unpaired) electrons. The first-order valence-corrected chi connectivity index (χ1v) is 9.30. The molecule has 1 aliphatic heterocycles. The van der Waals surface area contributed by atoms with Crippen molar-refractivity contribution in [2.75, 3.05) is 18.9 Å². The lowest BCUT2D eigenvalue weighted by Gasteiger charge is -2.25. The summed E-state index contributed by atoms with van der Waals surface area (Å²) < 4.78 is 46.6. The SMILES string of the molecule is Nc1ncnc2nc(C3CCCN3C(=O)COc3ccccc3)cc(C(F)(F)F)c12. The lowest BCUT2D eigenvalue weighted by molar-refractivity contribution is -0.136. The van der Waals surface area contributed by atoms with Gasteiger partial charge in [0.1, 0.15) is 17.9 Å². The highest BCUT2D eigenvalue weighted by molar-refractivity contribution is 5.89. The Kier molecular flexibility index (Phi) is 5.15. The van der Waals surface area contributed by atoms with Crippen LogP contribution >= 0.6 is 0 Å². The highest BCUT2D eigenvalue weighted by Crippen LogP contribution is 2.39. The van der Waals surface area contributed by atoms with Crippen molar-refractivity contribution in [2.24, 2.45) is 0 Å². The van der Waals surface area contributed by atoms with E-state index in [-0.39, 0.29) is 35.1 Å². The van der Waals surface area contributed by atoms with E-state index in [1.807, 2.05) is 6.07 Å². The summed E-state index contributed by atoms with van der Waals surface area (Å²) in [5.74, 6) is -0.0713. The molecule has 10 heteroatoms. The molecule has 7 nitrogen and oxygen atoms in total. The normalized spacial score (nSPS) is 16.8. The quantitative estimate of drug-likeness (QED) is 0.700. The van der Waals surface area contributed by atoms with Gasteiger partial charge in [-0.25, -0.2) is 15.0 Å². The van der Waals surface area contributed by atoms with E-state index in [1.165, 1.54) is 4.90 Å². The van der Waals surface area contributed by atoms with Gasteiger partial charge in [-0.15, -0.1) is 0 Å². The van der Waals surface area contributed by atoms with Crippen molar-refractivity contribution in [3.05, 3.63) is 54.0 Å². The zero-order chi connectivity index (χ0) is 21.3. The van der Waals surface area contributed by atoms with E-state index in [2.05, 4.69) is 15.0 Å². The zero-order valence-corrected chi connectivity index (χ0v) is 15.8. The molecule has 1 fully saturated rings. The first-order chi connectivity index (χ1) is 14.3. The number of aromatic nitrogens is 3. The smallest absolute Gasteiger partial charge is 0.417 e. The van der Waals surface area contributed by atoms with Crippen LogP contribution in [-0.4, -0.2) is 38.9 Å². The van der Waals surface area contributed by atoms with Gasteiger partial charge in [-0.2, -0.15) is 13.2 Å². The molecule has 0 spiro atoms. The van der Waals surface area contributed by atoms with Crippen LogP contribution in [-0.2, 0) is 11.0 Å². The minimum atomic E-state index is -4.67. The standard InChI is InChI=1S/C20H18F3N5O2/c21-20(22,23)13-9-14(27-19-17(13)18(24)25-11-26-19)15-7-4-8-28(15)16(29)10-30-12-5-2-1-3-6-12/h1-3,5-6,9,11,15H,4,7-8,10H2,(H2,24,25,26,27). The number of rotatable bonds is 4. The summed E-state index contributed by atoms with van der Waals surface area (Å²) >= 11 is 0. The summed E-state index contributed by atoms with van der Waals surface area (Å²) in [5.41, 5.74) is 4.67. The molecule has 0 saturated carbocycles. The molecule has 156 valence electrons. The summed E-state index contributed by atoms with van der Waals surface area (Å²) in [4.78, 5) is 26.0. The maximum absolute atomic E-state index is 13.7. The topological polar surface area (TPSA) is 94.2 Å². The highest BCUT2D eigenvalue weighted by atomic mass is 19.4. The first-order valence-electron chi connectivity index (χ1n) is 9.30. The Bertz CT molecular complexity index is 1080. The van der Waals surface area contributed by atoms with Crippen molar-refractivity contribution >= 4 is 22.8 Å². The van der Waals surface area contributed by atoms with E-state index in [1.54, 1.807) is 24.3 Å². The predicted octanol–water partition coefficient (Wildman–Crippen LogP) is 3.37. The third kappa shape index (κ3) is 3.85. The van der Waals surface area contributed by atoms with Crippen LogP contribution in [0.2, 0.25) is 0 Å². The Morgan fingerprint density at radius 3 is 2.73 bits per heavy atom. The van der Waals surface area contributed by atoms with Gasteiger partial charge >= 0.3 is 6.18 Å². The number of fused-ring (bicyclic) bond motifs is 1. The van der Waals surface area contributed by atoms with Gasteiger partial charge in [0.2, 0.25) is 0 Å². The fourth-order valence-electron chi connectivity index (χ4n) is 3.62. The molecule has 1 aliphatic rings. The van der Waals surface area contributed by atoms with E-state index in [4.69, 9.17) is 10.5 Å². The van der Waals surface area contributed by atoms with Crippen LogP contribution in [0.1, 0.15) is 30.1 Å². The number of anilines is 1. The zero-order valence-electron chi connectivity index (χ0n) is 15.8. The van der Waals surface area contributed by atoms with Crippen molar-refractivity contribution in [2.45, 2.75) is 25.1 Å². The molecular weight excluding hydrogens is 399 g/mol. The van der Waals surface area contributed by atoms with Crippen molar-refractivity contribution in [3.8, 4) is 5.75 Å². The average molecular weight is 417 g/mol. The second-order valence-electron chi connectivity index (χ2n) is 6.90. The summed E-state index contributed by atoms with van der Waals surface area (Å²) in [5, 5.41) is -0.336. The van der Waals surface area contributed by atoms with Gasteiger partial charge in [0.25, 0.3) is 5.91 Å². The molecule has 0 aliphatic carbocycles. The summed E-state index contributed by atoms with van der Waals surface area (Å²) in [6.45, 7) is 0.198. The first kappa shape index (κ1) is 19.9. The Morgan fingerprint density at radius 2 is 2.00 bits per heavy atom. The number of hydrogen-bond acceptors (Lipinski definition) is 6. The third-order valence-electron chi connectivity index (χ3n) is 4.98. The minimum absolute atomic E-state index is 0.124. The summed E-state index contributed by atoms with van der Waals surface area (Å²) in [7, 11) is 0. The van der Waals surface area contributed by atoms with Gasteiger partial charge in [-0.05, 0) is 31.0 Å². The second kappa shape index (κ2) is 7.77. The number of alkyl halides is 3. The van der Waals surface area contributed by atoms with Gasteiger partial charge in [-0.3, -0.25) is 4.79 Å². The maximum Gasteiger partial charge on any atom is 0.417 e. The largest absolute Gasteiger partial charge is 0.484 e. The Hall–Kier alpha value is -3.43. The number of halogens is 3. The van der Waals surface area contributed by atoms with Gasteiger partial charge in [0, 0.05) is 6.54 Å². The molecule has 2 aromatic heterocycles. The number of nitrogens with two attached hydrogens (primary N) is 1. The minimum Gasteiger partial charge on any atom is -0.484 e. The number of pyridine rings is 1. The van der Waals surface area contributed by atoms with Gasteiger partial charge in [0.15, 0.2) is 12.3 Å². The van der Waals surface area contributed by atoms with Crippen molar-refractivity contribution in [1.82, 2.24) is 19.9 Å². The number of nitrogens with zero attached hydrogens (tertiary/aromatic N) is 4. The Balaban J connectivity index is 1.64. The fraction of sp³-hybridized carbons (Fsp3) is 0.300. The molecule has 3 heterocycles. The fourth-order valence-corrected chi connectivity index (χ4v) is 3.62. The summed E-state index contributed by atoms with van der Waals surface area (Å²) in [6, 6.07) is 9.17. The number of hydrogen-bond donors (Lipinski definition) is 1. The van der Waals surface area contributed by atoms with E-state index in [0.717, 1.165) is 12.4 Å². The second-order valence-corrected chi connectivity index (χ2v) is 6.90. The predicted molar refractivity (Wildman–Crippen MR) is 102 cm³/mol. The Morgan fingerprint density at radius 1 is 1.23 bits per heavy atom. The van der Waals surface area contributed by atoms with Gasteiger partial charge < -0.3 is 15.4 Å². The molecular formula is C20H18F3N5O2. The molecule has 4 rings (SSSR count). The van der Waals surface area contributed by atoms with Crippen molar-refractivity contribution in [3.63, 3.8) is 0 Å². The number of benzene rings is 1. The molecule has 1 amide bonds. The molecule has 2 N–H and O–H groups in total. The number of para-hydroxylation sites is 1. The molecule has 30 heavy (non-hydrogen) atoms. The monoisotopic (exact) mass is 417 g/mol. The van der Waals surface area contributed by atoms with E-state index >= 15 is 0 Å². The summed E-state index contributed by atoms with van der Waals surface area (Å²) in [6.07, 6.45) is -2.46. The van der Waals surface area contributed by atoms with Crippen molar-refractivity contribution < 1.29 is 22.7 Å².